The number of nitrogens with two attached hydrogens (primary N) is 1. The summed E-state index contributed by atoms with van der Waals surface area (Å²) in [6, 6.07) is 18.3. The monoisotopic (exact) mass is 301 g/mol. The van der Waals surface area contributed by atoms with E-state index in [4.69, 9.17) is 5.73 Å². The molecule has 23 heavy (non-hydrogen) atoms. The Balaban J connectivity index is 2.08. The first-order valence-corrected chi connectivity index (χ1v) is 7.37. The van der Waals surface area contributed by atoms with Crippen molar-refractivity contribution in [2.24, 2.45) is 0 Å². The Hall–Kier alpha value is -3.21. The minimum Gasteiger partial charge on any atom is -0.383 e. The van der Waals surface area contributed by atoms with E-state index in [0.29, 0.717) is 11.5 Å². The maximum atomic E-state index is 6.10. The van der Waals surface area contributed by atoms with E-state index in [9.17, 15) is 0 Å². The third-order valence-corrected chi connectivity index (χ3v) is 3.89. The summed E-state index contributed by atoms with van der Waals surface area (Å²) in [6.45, 7) is 2.06. The maximum Gasteiger partial charge on any atom is 0.205 e. The van der Waals surface area contributed by atoms with Gasteiger partial charge in [-0.1, -0.05) is 60.2 Å². The van der Waals surface area contributed by atoms with Crippen LogP contribution in [0.1, 0.15) is 5.56 Å². The van der Waals surface area contributed by atoms with Gasteiger partial charge in [0.05, 0.1) is 5.39 Å². The lowest BCUT2D eigenvalue weighted by atomic mass is 9.97. The maximum absolute atomic E-state index is 6.10. The number of fused-ring (bicyclic) bond motifs is 1. The van der Waals surface area contributed by atoms with E-state index in [1.54, 1.807) is 0 Å². The minimum atomic E-state index is 0.502. The highest BCUT2D eigenvalue weighted by molar-refractivity contribution is 6.04. The van der Waals surface area contributed by atoms with Gasteiger partial charge in [-0.15, -0.1) is 10.2 Å². The van der Waals surface area contributed by atoms with Crippen molar-refractivity contribution in [3.8, 4) is 22.4 Å². The fraction of sp³-hybridized carbons (Fsp3) is 0.0556. The molecular formula is C18H15N5. The fourth-order valence-electron chi connectivity index (χ4n) is 2.73. The molecule has 5 nitrogen and oxygen atoms in total. The lowest BCUT2D eigenvalue weighted by Crippen LogP contribution is -1.96. The van der Waals surface area contributed by atoms with E-state index in [2.05, 4.69) is 39.5 Å². The van der Waals surface area contributed by atoms with Crippen molar-refractivity contribution in [1.82, 2.24) is 20.4 Å². The molecule has 4 rings (SSSR count). The molecule has 3 N–H and O–H groups in total. The van der Waals surface area contributed by atoms with E-state index >= 15 is 0 Å². The van der Waals surface area contributed by atoms with Gasteiger partial charge in [0.25, 0.3) is 0 Å². The van der Waals surface area contributed by atoms with Crippen molar-refractivity contribution in [3.05, 3.63) is 60.2 Å². The van der Waals surface area contributed by atoms with Crippen LogP contribution in [0.25, 0.3) is 33.4 Å². The van der Waals surface area contributed by atoms with Crippen molar-refractivity contribution in [2.45, 2.75) is 6.92 Å². The molecule has 2 aromatic heterocycles. The number of nitrogen functional groups attached to an aromatic ring is 1. The van der Waals surface area contributed by atoms with Gasteiger partial charge < -0.3 is 5.73 Å². The molecule has 0 aliphatic carbocycles. The first kappa shape index (κ1) is 13.5. The summed E-state index contributed by atoms with van der Waals surface area (Å²) >= 11 is 0. The van der Waals surface area contributed by atoms with Crippen LogP contribution in [0.5, 0.6) is 0 Å². The number of hydrogen-bond donors (Lipinski definition) is 2. The quantitative estimate of drug-likeness (QED) is 0.593. The van der Waals surface area contributed by atoms with Crippen LogP contribution in [-0.2, 0) is 0 Å². The van der Waals surface area contributed by atoms with Crippen LogP contribution in [0.15, 0.2) is 54.6 Å². The van der Waals surface area contributed by atoms with Crippen LogP contribution in [0.2, 0.25) is 0 Å². The van der Waals surface area contributed by atoms with Crippen LogP contribution in [0.4, 0.5) is 5.82 Å². The second-order valence-corrected chi connectivity index (χ2v) is 5.49. The Morgan fingerprint density at radius 1 is 0.870 bits per heavy atom. The molecule has 112 valence electrons. The van der Waals surface area contributed by atoms with E-state index in [1.807, 2.05) is 42.5 Å². The highest BCUT2D eigenvalue weighted by atomic mass is 15.2. The molecule has 0 aliphatic rings. The van der Waals surface area contributed by atoms with Gasteiger partial charge in [-0.05, 0) is 12.5 Å². The molecule has 4 aromatic rings. The predicted octanol–water partition coefficient (Wildman–Crippen LogP) is 3.58. The molecule has 2 heterocycles. The van der Waals surface area contributed by atoms with Crippen LogP contribution in [-0.4, -0.2) is 20.4 Å². The molecule has 0 saturated carbocycles. The average Bonchev–Trinajstić information content (AvgIpc) is 2.97. The van der Waals surface area contributed by atoms with Crippen LogP contribution < -0.4 is 5.73 Å². The molecular weight excluding hydrogens is 286 g/mol. The zero-order chi connectivity index (χ0) is 15.8. The van der Waals surface area contributed by atoms with Gasteiger partial charge in [0, 0.05) is 11.1 Å². The zero-order valence-electron chi connectivity index (χ0n) is 12.6. The van der Waals surface area contributed by atoms with Gasteiger partial charge >= 0.3 is 0 Å². The van der Waals surface area contributed by atoms with Crippen LogP contribution in [0, 0.1) is 6.92 Å². The van der Waals surface area contributed by atoms with Gasteiger partial charge in [-0.25, -0.2) is 0 Å². The number of H-pyrrole nitrogens is 1. The molecule has 0 saturated heterocycles. The van der Waals surface area contributed by atoms with E-state index in [0.717, 1.165) is 27.8 Å². The summed E-state index contributed by atoms with van der Waals surface area (Å²) < 4.78 is 0. The normalized spacial score (nSPS) is 11.0. The zero-order valence-corrected chi connectivity index (χ0v) is 12.6. The predicted molar refractivity (Wildman–Crippen MR) is 91.7 cm³/mol. The minimum absolute atomic E-state index is 0.502. The van der Waals surface area contributed by atoms with Gasteiger partial charge in [-0.2, -0.15) is 5.10 Å². The average molecular weight is 301 g/mol. The molecule has 0 radical (unpaired) electrons. The van der Waals surface area contributed by atoms with Crippen molar-refractivity contribution in [2.75, 3.05) is 5.73 Å². The molecule has 0 fully saturated rings. The molecule has 0 amide bonds. The highest BCUT2D eigenvalue weighted by Gasteiger charge is 2.18. The summed E-state index contributed by atoms with van der Waals surface area (Å²) in [5.41, 5.74) is 11.6. The summed E-state index contributed by atoms with van der Waals surface area (Å²) in [7, 11) is 0. The highest BCUT2D eigenvalue weighted by Crippen LogP contribution is 2.37. The van der Waals surface area contributed by atoms with E-state index in [-0.39, 0.29) is 0 Å². The largest absolute Gasteiger partial charge is 0.383 e. The lowest BCUT2D eigenvalue weighted by Gasteiger charge is -2.10. The second kappa shape index (κ2) is 5.21. The van der Waals surface area contributed by atoms with Crippen molar-refractivity contribution in [3.63, 3.8) is 0 Å². The molecule has 2 aromatic carbocycles. The number of anilines is 1. The first-order chi connectivity index (χ1) is 11.2. The van der Waals surface area contributed by atoms with Crippen LogP contribution >= 0.6 is 0 Å². The third-order valence-electron chi connectivity index (χ3n) is 3.89. The Kier molecular flexibility index (Phi) is 3.05. The Bertz CT molecular complexity index is 972. The van der Waals surface area contributed by atoms with Crippen molar-refractivity contribution < 1.29 is 0 Å². The van der Waals surface area contributed by atoms with Gasteiger partial charge in [0.2, 0.25) is 5.65 Å². The summed E-state index contributed by atoms with van der Waals surface area (Å²) in [6.07, 6.45) is 0. The van der Waals surface area contributed by atoms with Gasteiger partial charge in [0.15, 0.2) is 0 Å². The fourth-order valence-corrected chi connectivity index (χ4v) is 2.73. The number of benzene rings is 2. The third kappa shape index (κ3) is 2.23. The number of rotatable bonds is 2. The molecule has 5 heteroatoms. The number of aromatic amines is 1. The number of aryl methyl sites for hydroxylation is 1. The van der Waals surface area contributed by atoms with Crippen LogP contribution in [0.3, 0.4) is 0 Å². The summed E-state index contributed by atoms with van der Waals surface area (Å²) in [5, 5.41) is 16.4. The van der Waals surface area contributed by atoms with Gasteiger partial charge in [-0.3, -0.25) is 5.10 Å². The summed E-state index contributed by atoms with van der Waals surface area (Å²) in [5.74, 6) is 0.502. The Morgan fingerprint density at radius 2 is 1.61 bits per heavy atom. The number of aromatic nitrogens is 4. The molecule has 0 aliphatic heterocycles. The second-order valence-electron chi connectivity index (χ2n) is 5.49. The van der Waals surface area contributed by atoms with Crippen molar-refractivity contribution in [1.29, 1.82) is 0 Å². The smallest absolute Gasteiger partial charge is 0.205 e. The molecule has 0 spiro atoms. The Labute approximate surface area is 133 Å². The van der Waals surface area contributed by atoms with E-state index < -0.39 is 0 Å². The lowest BCUT2D eigenvalue weighted by molar-refractivity contribution is 1.03. The van der Waals surface area contributed by atoms with E-state index in [1.165, 1.54) is 5.56 Å². The molecule has 0 unspecified atom stereocenters. The molecule has 0 atom stereocenters. The summed E-state index contributed by atoms with van der Waals surface area (Å²) in [4.78, 5) is 0. The standard InChI is InChI=1S/C18H15N5/c1-11-7-9-13(10-8-11)16-14(12-5-3-2-4-6-12)15-17(19)21-23-18(15)22-20-16/h2-10H,1H3,(H3,19,21,22,23). The number of nitrogens with zero attached hydrogens (tertiary/aromatic N) is 3. The topological polar surface area (TPSA) is 80.5 Å². The molecule has 0 bridgehead atoms. The number of hydrogen-bond acceptors (Lipinski definition) is 4. The van der Waals surface area contributed by atoms with Crippen molar-refractivity contribution >= 4 is 16.9 Å². The first-order valence-electron chi connectivity index (χ1n) is 7.37. The SMILES string of the molecule is Cc1ccc(-c2nnc3n[nH]c(N)c3c2-c2ccccc2)cc1. The Morgan fingerprint density at radius 3 is 2.35 bits per heavy atom. The number of nitrogens with one attached hydrogen (secondary N) is 1. The van der Waals surface area contributed by atoms with Gasteiger partial charge in [0.1, 0.15) is 11.5 Å².